The predicted octanol–water partition coefficient (Wildman–Crippen LogP) is 2.04. The number of nitrogens with zero attached hydrogens (tertiary/aromatic N) is 4. The molecule has 2 aliphatic rings. The molecule has 0 atom stereocenters. The van der Waals surface area contributed by atoms with Gasteiger partial charge in [0, 0.05) is 42.7 Å². The first-order valence-electron chi connectivity index (χ1n) is 8.39. The fourth-order valence-corrected chi connectivity index (χ4v) is 3.63. The molecule has 4 heterocycles. The van der Waals surface area contributed by atoms with E-state index in [1.54, 1.807) is 6.20 Å². The summed E-state index contributed by atoms with van der Waals surface area (Å²) in [6.45, 7) is 3.92. The fourth-order valence-electron chi connectivity index (χ4n) is 3.63. The highest BCUT2D eigenvalue weighted by molar-refractivity contribution is 5.82. The number of aromatic amines is 1. The van der Waals surface area contributed by atoms with Crippen molar-refractivity contribution in [3.05, 3.63) is 36.4 Å². The summed E-state index contributed by atoms with van der Waals surface area (Å²) in [7, 11) is 0. The molecule has 128 valence electrons. The minimum atomic E-state index is -0.463. The Labute approximate surface area is 143 Å². The van der Waals surface area contributed by atoms with Crippen LogP contribution in [-0.4, -0.2) is 46.3 Å². The number of fused-ring (bicyclic) bond motifs is 1. The molecule has 2 aliphatic heterocycles. The summed E-state index contributed by atoms with van der Waals surface area (Å²) < 4.78 is 14.2. The van der Waals surface area contributed by atoms with Gasteiger partial charge >= 0.3 is 0 Å². The zero-order valence-corrected chi connectivity index (χ0v) is 13.6. The first kappa shape index (κ1) is 14.6. The third kappa shape index (κ3) is 2.49. The summed E-state index contributed by atoms with van der Waals surface area (Å²) in [5.41, 5.74) is 2.04. The Kier molecular flexibility index (Phi) is 3.14. The number of benzene rings is 1. The maximum Gasteiger partial charge on any atom is 0.227 e. The van der Waals surface area contributed by atoms with Gasteiger partial charge in [-0.05, 0) is 24.6 Å². The molecule has 3 aromatic rings. The largest absolute Gasteiger partial charge is 0.340 e. The van der Waals surface area contributed by atoms with Crippen molar-refractivity contribution in [2.45, 2.75) is 6.42 Å². The Morgan fingerprint density at radius 2 is 2.16 bits per heavy atom. The van der Waals surface area contributed by atoms with Crippen molar-refractivity contribution in [2.75, 3.05) is 36.4 Å². The maximum atomic E-state index is 14.2. The van der Waals surface area contributed by atoms with Crippen LogP contribution in [0.5, 0.6) is 0 Å². The lowest BCUT2D eigenvalue weighted by Crippen LogP contribution is -2.54. The number of nitrogens with one attached hydrogen (secondary N) is 3. The molecule has 0 bridgehead atoms. The Hall–Kier alpha value is -2.74. The van der Waals surface area contributed by atoms with E-state index in [-0.39, 0.29) is 5.82 Å². The van der Waals surface area contributed by atoms with E-state index in [4.69, 9.17) is 0 Å². The molecule has 0 aliphatic carbocycles. The molecule has 8 heteroatoms. The first-order valence-corrected chi connectivity index (χ1v) is 8.39. The quantitative estimate of drug-likeness (QED) is 0.677. The van der Waals surface area contributed by atoms with Gasteiger partial charge in [-0.2, -0.15) is 10.1 Å². The van der Waals surface area contributed by atoms with Crippen molar-refractivity contribution in [1.82, 2.24) is 25.5 Å². The van der Waals surface area contributed by atoms with Crippen LogP contribution in [-0.2, 0) is 0 Å². The second-order valence-corrected chi connectivity index (χ2v) is 6.94. The van der Waals surface area contributed by atoms with Crippen LogP contribution in [0.1, 0.15) is 6.42 Å². The average molecular weight is 339 g/mol. The normalized spacial score (nSPS) is 18.7. The van der Waals surface area contributed by atoms with Crippen molar-refractivity contribution < 1.29 is 4.39 Å². The van der Waals surface area contributed by atoms with E-state index >= 15 is 0 Å². The molecule has 2 saturated heterocycles. The lowest BCUT2D eigenvalue weighted by Gasteiger charge is -2.38. The van der Waals surface area contributed by atoms with Gasteiger partial charge in [-0.25, -0.2) is 9.37 Å². The zero-order valence-electron chi connectivity index (χ0n) is 13.6. The van der Waals surface area contributed by atoms with E-state index in [1.807, 2.05) is 18.2 Å². The van der Waals surface area contributed by atoms with Crippen molar-refractivity contribution in [3.63, 3.8) is 0 Å². The molecule has 25 heavy (non-hydrogen) atoms. The lowest BCUT2D eigenvalue weighted by molar-refractivity contribution is 0.199. The molecule has 1 spiro atoms. The van der Waals surface area contributed by atoms with Crippen LogP contribution in [0.4, 0.5) is 21.8 Å². The summed E-state index contributed by atoms with van der Waals surface area (Å²) >= 11 is 0. The molecule has 0 saturated carbocycles. The van der Waals surface area contributed by atoms with Gasteiger partial charge in [0.15, 0.2) is 11.6 Å². The summed E-state index contributed by atoms with van der Waals surface area (Å²) in [5.74, 6) is 0.313. The van der Waals surface area contributed by atoms with E-state index in [9.17, 15) is 4.39 Å². The van der Waals surface area contributed by atoms with Gasteiger partial charge in [0.2, 0.25) is 5.95 Å². The predicted molar refractivity (Wildman–Crippen MR) is 93.5 cm³/mol. The van der Waals surface area contributed by atoms with Crippen LogP contribution in [0.15, 0.2) is 30.6 Å². The second-order valence-electron chi connectivity index (χ2n) is 6.94. The highest BCUT2D eigenvalue weighted by Gasteiger charge is 2.43. The van der Waals surface area contributed by atoms with Crippen LogP contribution in [0.25, 0.3) is 10.9 Å². The van der Waals surface area contributed by atoms with E-state index in [0.717, 1.165) is 49.2 Å². The van der Waals surface area contributed by atoms with Gasteiger partial charge < -0.3 is 15.5 Å². The van der Waals surface area contributed by atoms with E-state index in [2.05, 4.69) is 35.7 Å². The van der Waals surface area contributed by atoms with Crippen LogP contribution in [0, 0.1) is 11.2 Å². The fraction of sp³-hybridized carbons (Fsp3) is 0.353. The summed E-state index contributed by atoms with van der Waals surface area (Å²) in [4.78, 5) is 10.8. The zero-order chi connectivity index (χ0) is 16.9. The molecule has 0 radical (unpaired) electrons. The lowest BCUT2D eigenvalue weighted by atomic mass is 9.81. The van der Waals surface area contributed by atoms with Gasteiger partial charge in [-0.3, -0.25) is 5.10 Å². The number of hydrogen-bond donors (Lipinski definition) is 3. The molecule has 7 nitrogen and oxygen atoms in total. The number of hydrogen-bond acceptors (Lipinski definition) is 6. The molecular weight excluding hydrogens is 321 g/mol. The summed E-state index contributed by atoms with van der Waals surface area (Å²) in [6.07, 6.45) is 4.10. The summed E-state index contributed by atoms with van der Waals surface area (Å²) in [6, 6.07) is 5.68. The third-order valence-corrected chi connectivity index (χ3v) is 5.16. The van der Waals surface area contributed by atoms with Crippen molar-refractivity contribution in [1.29, 1.82) is 0 Å². The molecule has 1 aromatic carbocycles. The molecule has 5 rings (SSSR count). The molecule has 2 fully saturated rings. The number of halogens is 1. The van der Waals surface area contributed by atoms with Crippen molar-refractivity contribution in [3.8, 4) is 0 Å². The van der Waals surface area contributed by atoms with Crippen molar-refractivity contribution >= 4 is 28.4 Å². The minimum Gasteiger partial charge on any atom is -0.340 e. The number of H-pyrrole nitrogens is 1. The molecule has 0 unspecified atom stereocenters. The van der Waals surface area contributed by atoms with Crippen LogP contribution >= 0.6 is 0 Å². The van der Waals surface area contributed by atoms with Crippen LogP contribution in [0.3, 0.4) is 0 Å². The van der Waals surface area contributed by atoms with E-state index in [0.29, 0.717) is 11.4 Å². The Morgan fingerprint density at radius 3 is 2.96 bits per heavy atom. The van der Waals surface area contributed by atoms with Gasteiger partial charge in [0.1, 0.15) is 0 Å². The monoisotopic (exact) mass is 339 g/mol. The Bertz CT molecular complexity index is 934. The molecule has 2 aromatic heterocycles. The molecule has 3 N–H and O–H groups in total. The van der Waals surface area contributed by atoms with E-state index < -0.39 is 5.82 Å². The minimum absolute atomic E-state index is 0.195. The van der Waals surface area contributed by atoms with E-state index in [1.165, 1.54) is 6.20 Å². The first-order chi connectivity index (χ1) is 12.2. The highest BCUT2D eigenvalue weighted by Crippen LogP contribution is 2.35. The topological polar surface area (TPSA) is 81.8 Å². The Balaban J connectivity index is 1.41. The second kappa shape index (κ2) is 5.38. The summed E-state index contributed by atoms with van der Waals surface area (Å²) in [5, 5.41) is 14.2. The van der Waals surface area contributed by atoms with Gasteiger partial charge in [-0.15, -0.1) is 0 Å². The van der Waals surface area contributed by atoms with Gasteiger partial charge in [-0.1, -0.05) is 0 Å². The third-order valence-electron chi connectivity index (χ3n) is 5.16. The van der Waals surface area contributed by atoms with Crippen molar-refractivity contribution in [2.24, 2.45) is 5.41 Å². The standard InChI is InChI=1S/C17H18FN7/c18-13-7-20-16(25-4-3-17(10-25)8-19-9-17)23-15(13)22-12-1-2-14-11(5-12)6-21-24-14/h1-2,5-7,19H,3-4,8-10H2,(H,21,24)(H,20,22,23). The number of anilines is 3. The Morgan fingerprint density at radius 1 is 1.24 bits per heavy atom. The van der Waals surface area contributed by atoms with Gasteiger partial charge in [0.25, 0.3) is 0 Å². The van der Waals surface area contributed by atoms with Gasteiger partial charge in [0.05, 0.1) is 17.9 Å². The molecule has 0 amide bonds. The number of aromatic nitrogens is 4. The molecular formula is C17H18FN7. The smallest absolute Gasteiger partial charge is 0.227 e. The maximum absolute atomic E-state index is 14.2. The number of rotatable bonds is 3. The van der Waals surface area contributed by atoms with Crippen LogP contribution in [0.2, 0.25) is 0 Å². The average Bonchev–Trinajstić information content (AvgIpc) is 3.23. The highest BCUT2D eigenvalue weighted by atomic mass is 19.1. The SMILES string of the molecule is Fc1cnc(N2CCC3(CNC3)C2)nc1Nc1ccc2[nH]ncc2c1. The van der Waals surface area contributed by atoms with Crippen LogP contribution < -0.4 is 15.5 Å².